The van der Waals surface area contributed by atoms with Crippen LogP contribution in [0.5, 0.6) is 5.75 Å². The lowest BCUT2D eigenvalue weighted by atomic mass is 10.1. The first-order valence-electron chi connectivity index (χ1n) is 8.21. The van der Waals surface area contributed by atoms with E-state index >= 15 is 0 Å². The highest BCUT2D eigenvalue weighted by Crippen LogP contribution is 2.18. The minimum atomic E-state index is -0.345. The summed E-state index contributed by atoms with van der Waals surface area (Å²) in [6.07, 6.45) is 0.575. The van der Waals surface area contributed by atoms with Gasteiger partial charge in [0.15, 0.2) is 0 Å². The number of benzene rings is 2. The minimum absolute atomic E-state index is 0.0791. The van der Waals surface area contributed by atoms with Crippen molar-refractivity contribution < 1.29 is 14.3 Å². The van der Waals surface area contributed by atoms with E-state index in [1.807, 2.05) is 30.3 Å². The van der Waals surface area contributed by atoms with Crippen LogP contribution in [0.1, 0.15) is 18.1 Å². The third-order valence-corrected chi connectivity index (χ3v) is 3.94. The molecule has 134 valence electrons. The number of carbonyl (C=O) groups is 2. The van der Waals surface area contributed by atoms with E-state index in [-0.39, 0.29) is 18.4 Å². The lowest BCUT2D eigenvalue weighted by Gasteiger charge is -2.21. The first-order chi connectivity index (χ1) is 12.5. The second-order valence-electron chi connectivity index (χ2n) is 5.71. The summed E-state index contributed by atoms with van der Waals surface area (Å²) < 4.78 is 5.31. The van der Waals surface area contributed by atoms with Gasteiger partial charge in [0.05, 0.1) is 24.9 Å². The van der Waals surface area contributed by atoms with Gasteiger partial charge >= 0.3 is 0 Å². The molecular weight excluding hydrogens is 330 g/mol. The lowest BCUT2D eigenvalue weighted by Crippen LogP contribution is -2.38. The molecule has 26 heavy (non-hydrogen) atoms. The summed E-state index contributed by atoms with van der Waals surface area (Å²) in [7, 11) is 1.60. The SMILES string of the molecule is COc1ccccc1CCN(CC(=O)Nc1ccccc1C#N)C(C)=O. The zero-order valence-electron chi connectivity index (χ0n) is 14.9. The summed E-state index contributed by atoms with van der Waals surface area (Å²) in [5, 5.41) is 11.8. The summed E-state index contributed by atoms with van der Waals surface area (Å²) in [5.74, 6) is 0.218. The molecule has 0 aliphatic rings. The molecule has 0 aliphatic heterocycles. The molecule has 6 heteroatoms. The van der Waals surface area contributed by atoms with Crippen LogP contribution in [-0.4, -0.2) is 36.9 Å². The first-order valence-corrected chi connectivity index (χ1v) is 8.21. The molecule has 2 aromatic rings. The standard InChI is InChI=1S/C20H21N3O3/c1-15(24)23(12-11-16-7-4-6-10-19(16)26-2)14-20(25)22-18-9-5-3-8-17(18)13-21/h3-10H,11-12,14H2,1-2H3,(H,22,25). The molecule has 2 amide bonds. The smallest absolute Gasteiger partial charge is 0.244 e. The first kappa shape index (κ1) is 19.0. The third-order valence-electron chi connectivity index (χ3n) is 3.94. The Bertz CT molecular complexity index is 827. The molecule has 0 aromatic heterocycles. The molecule has 0 spiro atoms. The number of anilines is 1. The van der Waals surface area contributed by atoms with Gasteiger partial charge in [-0.1, -0.05) is 30.3 Å². The molecule has 2 aromatic carbocycles. The second kappa shape index (κ2) is 9.23. The Hall–Kier alpha value is -3.33. The van der Waals surface area contributed by atoms with Crippen molar-refractivity contribution >= 4 is 17.5 Å². The van der Waals surface area contributed by atoms with Gasteiger partial charge < -0.3 is 15.0 Å². The van der Waals surface area contributed by atoms with Gasteiger partial charge in [0, 0.05) is 13.5 Å². The number of hydrogen-bond acceptors (Lipinski definition) is 4. The van der Waals surface area contributed by atoms with Gasteiger partial charge in [-0.05, 0) is 30.2 Å². The van der Waals surface area contributed by atoms with Crippen molar-refractivity contribution in [1.82, 2.24) is 4.90 Å². The van der Waals surface area contributed by atoms with E-state index in [0.717, 1.165) is 11.3 Å². The van der Waals surface area contributed by atoms with E-state index < -0.39 is 0 Å². The van der Waals surface area contributed by atoms with E-state index in [9.17, 15) is 9.59 Å². The topological polar surface area (TPSA) is 82.4 Å². The fourth-order valence-corrected chi connectivity index (χ4v) is 2.57. The fourth-order valence-electron chi connectivity index (χ4n) is 2.57. The number of nitrogens with one attached hydrogen (secondary N) is 1. The van der Waals surface area contributed by atoms with E-state index in [0.29, 0.717) is 24.2 Å². The van der Waals surface area contributed by atoms with Gasteiger partial charge in [0.1, 0.15) is 11.8 Å². The number of rotatable bonds is 7. The molecule has 2 rings (SSSR count). The highest BCUT2D eigenvalue weighted by atomic mass is 16.5. The van der Waals surface area contributed by atoms with Crippen molar-refractivity contribution in [1.29, 1.82) is 5.26 Å². The van der Waals surface area contributed by atoms with Gasteiger partial charge in [-0.25, -0.2) is 0 Å². The van der Waals surface area contributed by atoms with Gasteiger partial charge in [0.25, 0.3) is 0 Å². The minimum Gasteiger partial charge on any atom is -0.496 e. The second-order valence-corrected chi connectivity index (χ2v) is 5.71. The average Bonchev–Trinajstić information content (AvgIpc) is 2.65. The maximum atomic E-state index is 12.3. The molecule has 6 nitrogen and oxygen atoms in total. The summed E-state index contributed by atoms with van der Waals surface area (Å²) in [5.41, 5.74) is 1.79. The van der Waals surface area contributed by atoms with Crippen LogP contribution in [-0.2, 0) is 16.0 Å². The van der Waals surface area contributed by atoms with Crippen LogP contribution >= 0.6 is 0 Å². The summed E-state index contributed by atoms with van der Waals surface area (Å²) in [6.45, 7) is 1.74. The summed E-state index contributed by atoms with van der Waals surface area (Å²) in [6, 6.07) is 16.3. The number of amides is 2. The van der Waals surface area contributed by atoms with E-state index in [1.165, 1.54) is 11.8 Å². The predicted octanol–water partition coefficient (Wildman–Crippen LogP) is 2.60. The largest absolute Gasteiger partial charge is 0.496 e. The van der Waals surface area contributed by atoms with Gasteiger partial charge in [-0.2, -0.15) is 5.26 Å². The quantitative estimate of drug-likeness (QED) is 0.831. The molecule has 0 saturated carbocycles. The molecular formula is C20H21N3O3. The number of ether oxygens (including phenoxy) is 1. The van der Waals surface area contributed by atoms with Crippen molar-refractivity contribution in [2.45, 2.75) is 13.3 Å². The van der Waals surface area contributed by atoms with E-state index in [4.69, 9.17) is 10.00 Å². The van der Waals surface area contributed by atoms with Crippen LogP contribution < -0.4 is 10.1 Å². The van der Waals surface area contributed by atoms with Gasteiger partial charge in [0.2, 0.25) is 11.8 Å². The number of hydrogen-bond donors (Lipinski definition) is 1. The van der Waals surface area contributed by atoms with Crippen LogP contribution in [0.15, 0.2) is 48.5 Å². The third kappa shape index (κ3) is 5.08. The van der Waals surface area contributed by atoms with E-state index in [2.05, 4.69) is 5.32 Å². The number of carbonyl (C=O) groups excluding carboxylic acids is 2. The fraction of sp³-hybridized carbons (Fsp3) is 0.250. The number of methoxy groups -OCH3 is 1. The van der Waals surface area contributed by atoms with Crippen LogP contribution in [0, 0.1) is 11.3 Å². The predicted molar refractivity (Wildman–Crippen MR) is 98.7 cm³/mol. The molecule has 0 heterocycles. The highest BCUT2D eigenvalue weighted by molar-refractivity contribution is 5.95. The van der Waals surface area contributed by atoms with Crippen molar-refractivity contribution in [3.63, 3.8) is 0 Å². The van der Waals surface area contributed by atoms with Crippen molar-refractivity contribution in [3.8, 4) is 11.8 Å². The van der Waals surface area contributed by atoms with Crippen molar-refractivity contribution in [2.24, 2.45) is 0 Å². The Morgan fingerprint density at radius 2 is 1.85 bits per heavy atom. The maximum Gasteiger partial charge on any atom is 0.244 e. The number of nitrogens with zero attached hydrogens (tertiary/aromatic N) is 2. The Balaban J connectivity index is 2.00. The Morgan fingerprint density at radius 3 is 2.54 bits per heavy atom. The van der Waals surface area contributed by atoms with Crippen LogP contribution in [0.4, 0.5) is 5.69 Å². The maximum absolute atomic E-state index is 12.3. The van der Waals surface area contributed by atoms with Crippen LogP contribution in [0.2, 0.25) is 0 Å². The molecule has 0 bridgehead atoms. The molecule has 0 radical (unpaired) electrons. The van der Waals surface area contributed by atoms with Gasteiger partial charge in [-0.15, -0.1) is 0 Å². The lowest BCUT2D eigenvalue weighted by molar-refractivity contribution is -0.132. The van der Waals surface area contributed by atoms with Crippen molar-refractivity contribution in [2.75, 3.05) is 25.5 Å². The molecule has 0 aliphatic carbocycles. The number of nitriles is 1. The van der Waals surface area contributed by atoms with Crippen LogP contribution in [0.25, 0.3) is 0 Å². The molecule has 0 unspecified atom stereocenters. The zero-order chi connectivity index (χ0) is 18.9. The molecule has 1 N–H and O–H groups in total. The number of para-hydroxylation sites is 2. The Kier molecular flexibility index (Phi) is 6.75. The summed E-state index contributed by atoms with van der Waals surface area (Å²) >= 11 is 0. The van der Waals surface area contributed by atoms with E-state index in [1.54, 1.807) is 31.4 Å². The monoisotopic (exact) mass is 351 g/mol. The van der Waals surface area contributed by atoms with Crippen molar-refractivity contribution in [3.05, 3.63) is 59.7 Å². The molecule has 0 atom stereocenters. The average molecular weight is 351 g/mol. The normalized spacial score (nSPS) is 9.88. The van der Waals surface area contributed by atoms with Crippen LogP contribution in [0.3, 0.4) is 0 Å². The summed E-state index contributed by atoms with van der Waals surface area (Å²) in [4.78, 5) is 25.7. The van der Waals surface area contributed by atoms with Gasteiger partial charge in [-0.3, -0.25) is 9.59 Å². The Labute approximate surface area is 153 Å². The Morgan fingerprint density at radius 1 is 1.15 bits per heavy atom. The highest BCUT2D eigenvalue weighted by Gasteiger charge is 2.15. The zero-order valence-corrected chi connectivity index (χ0v) is 14.9. The molecule has 0 fully saturated rings. The molecule has 0 saturated heterocycles.